The fourth-order valence-corrected chi connectivity index (χ4v) is 7.85. The monoisotopic (exact) mass is 828 g/mol. The number of ether oxygens (including phenoxy) is 1. The first-order valence-electron chi connectivity index (χ1n) is 20.6. The Hall–Kier alpha value is -5.78. The number of carbonyl (C=O) groups is 3. The third kappa shape index (κ3) is 11.7. The van der Waals surface area contributed by atoms with Crippen LogP contribution in [0.15, 0.2) is 144 Å². The van der Waals surface area contributed by atoms with Gasteiger partial charge in [-0.05, 0) is 79.7 Å². The molecule has 60 heavy (non-hydrogen) atoms. The lowest BCUT2D eigenvalue weighted by Crippen LogP contribution is -2.50. The zero-order valence-corrected chi connectivity index (χ0v) is 37.2. The fraction of sp³-hybridized carbons (Fsp3) is 0.347. The molecule has 1 unspecified atom stereocenters. The lowest BCUT2D eigenvalue weighted by atomic mass is 9.77. The first-order chi connectivity index (χ1) is 28.4. The number of anilines is 1. The highest BCUT2D eigenvalue weighted by atomic mass is 28.4. The van der Waals surface area contributed by atoms with Gasteiger partial charge in [0.15, 0.2) is 8.32 Å². The van der Waals surface area contributed by atoms with Crippen molar-refractivity contribution in [2.45, 2.75) is 102 Å². The Bertz CT molecular complexity index is 2140. The van der Waals surface area contributed by atoms with Gasteiger partial charge in [0.25, 0.3) is 5.56 Å². The predicted molar refractivity (Wildman–Crippen MR) is 241 cm³/mol. The van der Waals surface area contributed by atoms with Gasteiger partial charge >= 0.3 is 6.09 Å². The molecule has 0 aliphatic carbocycles. The maximum absolute atomic E-state index is 14.7. The van der Waals surface area contributed by atoms with Crippen molar-refractivity contribution < 1.29 is 23.5 Å². The summed E-state index contributed by atoms with van der Waals surface area (Å²) in [6.07, 6.45) is 1.28. The minimum absolute atomic E-state index is 0.0224. The summed E-state index contributed by atoms with van der Waals surface area (Å²) in [5.74, 6) is -0.636. The number of pyridine rings is 1. The Labute approximate surface area is 355 Å². The second-order valence-electron chi connectivity index (χ2n) is 17.7. The molecular formula is C49H60N4O6Si. The largest absolute Gasteiger partial charge is 0.444 e. The van der Waals surface area contributed by atoms with Crippen molar-refractivity contribution in [1.29, 1.82) is 0 Å². The number of hydrogen-bond donors (Lipinski definition) is 3. The van der Waals surface area contributed by atoms with E-state index in [2.05, 4.69) is 49.8 Å². The normalized spacial score (nSPS) is 13.1. The van der Waals surface area contributed by atoms with Crippen LogP contribution in [0.4, 0.5) is 10.5 Å². The molecule has 2 atom stereocenters. The van der Waals surface area contributed by atoms with Gasteiger partial charge in [0.1, 0.15) is 22.9 Å². The van der Waals surface area contributed by atoms with Crippen molar-refractivity contribution in [3.63, 3.8) is 0 Å². The molecule has 11 heteroatoms. The van der Waals surface area contributed by atoms with Crippen molar-refractivity contribution in [1.82, 2.24) is 15.2 Å². The van der Waals surface area contributed by atoms with E-state index in [1.807, 2.05) is 121 Å². The lowest BCUT2D eigenvalue weighted by Gasteiger charge is -2.38. The van der Waals surface area contributed by atoms with Crippen molar-refractivity contribution in [3.05, 3.63) is 172 Å². The topological polar surface area (TPSA) is 128 Å². The molecule has 0 bridgehead atoms. The number of hydrogen-bond acceptors (Lipinski definition) is 6. The SMILES string of the molecule is CC(C)(C)OC(=O)Nc1cccn([C@@H](Cc2ccccc2)C(=O)NC(CCC(=O)NC(c2ccccc2)(c2ccccc2)c2ccccc2)CO[Si](C)(C)C(C)(C)C)c1=O. The molecule has 1 heterocycles. The molecule has 5 aromatic rings. The molecule has 3 N–H and O–H groups in total. The Morgan fingerprint density at radius 2 is 1.20 bits per heavy atom. The number of nitrogens with zero attached hydrogens (tertiary/aromatic N) is 1. The van der Waals surface area contributed by atoms with Crippen LogP contribution in [0.3, 0.4) is 0 Å². The van der Waals surface area contributed by atoms with Crippen LogP contribution in [-0.4, -0.2) is 49.0 Å². The average Bonchev–Trinajstić information content (AvgIpc) is 3.21. The average molecular weight is 829 g/mol. The maximum Gasteiger partial charge on any atom is 0.412 e. The Balaban J connectivity index is 1.47. The van der Waals surface area contributed by atoms with E-state index in [0.29, 0.717) is 0 Å². The van der Waals surface area contributed by atoms with Gasteiger partial charge in [-0.2, -0.15) is 0 Å². The number of benzene rings is 4. The van der Waals surface area contributed by atoms with E-state index >= 15 is 0 Å². The zero-order chi connectivity index (χ0) is 43.6. The van der Waals surface area contributed by atoms with Crippen LogP contribution in [-0.2, 0) is 30.7 Å². The van der Waals surface area contributed by atoms with Gasteiger partial charge in [0, 0.05) is 19.0 Å². The highest BCUT2D eigenvalue weighted by Gasteiger charge is 2.40. The summed E-state index contributed by atoms with van der Waals surface area (Å²) < 4.78 is 13.4. The molecule has 0 aliphatic heterocycles. The minimum atomic E-state index is -2.31. The van der Waals surface area contributed by atoms with E-state index in [0.717, 1.165) is 22.3 Å². The van der Waals surface area contributed by atoms with Crippen molar-refractivity contribution in [2.24, 2.45) is 0 Å². The van der Waals surface area contributed by atoms with Crippen LogP contribution in [0, 0.1) is 0 Å². The smallest absolute Gasteiger partial charge is 0.412 e. The Kier molecular flexibility index (Phi) is 14.7. The molecule has 3 amide bonds. The standard InChI is InChI=1S/C49H60N4O6Si/c1-47(2,3)59-46(57)51-41-30-21-33-53(45(41)56)42(34-36-22-13-9-14-23-36)44(55)50-40(35-58-60(7,8)48(4,5)6)31-32-43(54)52-49(37-24-15-10-16-25-37,38-26-17-11-18-27-38)39-28-19-12-20-29-39/h9-30,33,40,42H,31-32,34-35H2,1-8H3,(H,50,55)(H,51,57)(H,52,54)/t40?,42-/m0/s1. The third-order valence-electron chi connectivity index (χ3n) is 11.0. The van der Waals surface area contributed by atoms with E-state index in [9.17, 15) is 19.2 Å². The molecule has 4 aromatic carbocycles. The van der Waals surface area contributed by atoms with Crippen molar-refractivity contribution >= 4 is 31.9 Å². The summed E-state index contributed by atoms with van der Waals surface area (Å²) in [6, 6.07) is 40.7. The van der Waals surface area contributed by atoms with Crippen molar-refractivity contribution in [2.75, 3.05) is 11.9 Å². The van der Waals surface area contributed by atoms with Crippen molar-refractivity contribution in [3.8, 4) is 0 Å². The summed E-state index contributed by atoms with van der Waals surface area (Å²) in [6.45, 7) is 16.1. The predicted octanol–water partition coefficient (Wildman–Crippen LogP) is 9.37. The lowest BCUT2D eigenvalue weighted by molar-refractivity contribution is -0.126. The molecular weight excluding hydrogens is 769 g/mol. The van der Waals surface area contributed by atoms with E-state index in [1.165, 1.54) is 10.6 Å². The summed E-state index contributed by atoms with van der Waals surface area (Å²) >= 11 is 0. The molecule has 5 rings (SSSR count). The van der Waals surface area contributed by atoms with Gasteiger partial charge in [0.05, 0.1) is 12.6 Å². The molecule has 0 saturated carbocycles. The van der Waals surface area contributed by atoms with E-state index in [1.54, 1.807) is 33.0 Å². The zero-order valence-electron chi connectivity index (χ0n) is 36.2. The van der Waals surface area contributed by atoms with Gasteiger partial charge in [-0.3, -0.25) is 19.7 Å². The first-order valence-corrected chi connectivity index (χ1v) is 23.5. The molecule has 0 fully saturated rings. The highest BCUT2D eigenvalue weighted by Crippen LogP contribution is 2.38. The quantitative estimate of drug-likeness (QED) is 0.0672. The summed E-state index contributed by atoms with van der Waals surface area (Å²) in [5.41, 5.74) is 1.18. The van der Waals surface area contributed by atoms with Gasteiger partial charge in [-0.1, -0.05) is 142 Å². The molecule has 0 spiro atoms. The molecule has 316 valence electrons. The summed E-state index contributed by atoms with van der Waals surface area (Å²) in [7, 11) is -2.31. The number of aromatic nitrogens is 1. The molecule has 1 aromatic heterocycles. The fourth-order valence-electron chi connectivity index (χ4n) is 6.80. The third-order valence-corrected chi connectivity index (χ3v) is 15.5. The van der Waals surface area contributed by atoms with Crippen LogP contribution in [0.2, 0.25) is 18.1 Å². The second kappa shape index (κ2) is 19.5. The minimum Gasteiger partial charge on any atom is -0.444 e. The molecule has 0 aliphatic rings. The molecule has 0 saturated heterocycles. The number of rotatable bonds is 16. The van der Waals surface area contributed by atoms with Gasteiger partial charge < -0.3 is 24.4 Å². The Morgan fingerprint density at radius 1 is 0.700 bits per heavy atom. The van der Waals surface area contributed by atoms with E-state index in [4.69, 9.17) is 9.16 Å². The van der Waals surface area contributed by atoms with Gasteiger partial charge in [-0.15, -0.1) is 0 Å². The van der Waals surface area contributed by atoms with Crippen LogP contribution >= 0.6 is 0 Å². The van der Waals surface area contributed by atoms with Crippen LogP contribution in [0.25, 0.3) is 0 Å². The van der Waals surface area contributed by atoms with Gasteiger partial charge in [0.2, 0.25) is 11.8 Å². The number of carbonyl (C=O) groups excluding carboxylic acids is 3. The summed E-state index contributed by atoms with van der Waals surface area (Å²) in [5, 5.41) is 9.08. The number of nitrogens with one attached hydrogen (secondary N) is 3. The maximum atomic E-state index is 14.7. The summed E-state index contributed by atoms with van der Waals surface area (Å²) in [4.78, 5) is 55.8. The highest BCUT2D eigenvalue weighted by molar-refractivity contribution is 6.74. The second-order valence-corrected chi connectivity index (χ2v) is 22.5. The van der Waals surface area contributed by atoms with Crippen LogP contribution < -0.4 is 21.5 Å². The van der Waals surface area contributed by atoms with E-state index < -0.39 is 49.1 Å². The molecule has 0 radical (unpaired) electrons. The first kappa shape index (κ1) is 45.3. The van der Waals surface area contributed by atoms with Crippen LogP contribution in [0.1, 0.15) is 82.7 Å². The number of amides is 3. The molecule has 10 nitrogen and oxygen atoms in total. The van der Waals surface area contributed by atoms with Crippen LogP contribution in [0.5, 0.6) is 0 Å². The van der Waals surface area contributed by atoms with Gasteiger partial charge in [-0.25, -0.2) is 4.79 Å². The van der Waals surface area contributed by atoms with E-state index in [-0.39, 0.29) is 42.5 Å². The Morgan fingerprint density at radius 3 is 1.68 bits per heavy atom.